The van der Waals surface area contributed by atoms with Gasteiger partial charge in [0.1, 0.15) is 0 Å². The molecule has 1 fully saturated rings. The number of para-hydroxylation sites is 1. The fourth-order valence-corrected chi connectivity index (χ4v) is 3.55. The van der Waals surface area contributed by atoms with Gasteiger partial charge in [0, 0.05) is 6.08 Å². The Morgan fingerprint density at radius 3 is 2.47 bits per heavy atom. The van der Waals surface area contributed by atoms with Crippen LogP contribution in [-0.4, -0.2) is 30.2 Å². The minimum absolute atomic E-state index is 0.0425. The lowest BCUT2D eigenvalue weighted by Gasteiger charge is -2.19. The molecule has 1 amide bonds. The SMILES string of the molecule is COc1cc(C=CC(=O)Nc2ccccc2C(=O)O)ccc1OC1CCCCCC1. The van der Waals surface area contributed by atoms with Gasteiger partial charge in [0.15, 0.2) is 11.5 Å². The zero-order valence-electron chi connectivity index (χ0n) is 17.1. The minimum atomic E-state index is -1.09. The van der Waals surface area contributed by atoms with Crippen molar-refractivity contribution in [2.24, 2.45) is 0 Å². The lowest BCUT2D eigenvalue weighted by atomic mass is 10.1. The van der Waals surface area contributed by atoms with Crippen LogP contribution in [0.4, 0.5) is 5.69 Å². The van der Waals surface area contributed by atoms with Crippen molar-refractivity contribution >= 4 is 23.6 Å². The van der Waals surface area contributed by atoms with E-state index in [1.807, 2.05) is 18.2 Å². The molecule has 3 rings (SSSR count). The van der Waals surface area contributed by atoms with E-state index < -0.39 is 11.9 Å². The van der Waals surface area contributed by atoms with Gasteiger partial charge >= 0.3 is 5.97 Å². The minimum Gasteiger partial charge on any atom is -0.493 e. The number of carboxylic acid groups (broad SMARTS) is 1. The summed E-state index contributed by atoms with van der Waals surface area (Å²) < 4.78 is 11.6. The largest absolute Gasteiger partial charge is 0.493 e. The molecule has 0 radical (unpaired) electrons. The van der Waals surface area contributed by atoms with Gasteiger partial charge in [0.2, 0.25) is 5.91 Å². The normalized spacial score (nSPS) is 14.8. The van der Waals surface area contributed by atoms with Gasteiger partial charge < -0.3 is 19.9 Å². The van der Waals surface area contributed by atoms with Crippen LogP contribution < -0.4 is 14.8 Å². The number of rotatable bonds is 7. The number of ether oxygens (including phenoxy) is 2. The summed E-state index contributed by atoms with van der Waals surface area (Å²) in [6.45, 7) is 0. The third kappa shape index (κ3) is 5.86. The van der Waals surface area contributed by atoms with Crippen LogP contribution in [0.5, 0.6) is 11.5 Å². The third-order valence-corrected chi connectivity index (χ3v) is 5.13. The van der Waals surface area contributed by atoms with E-state index in [9.17, 15) is 14.7 Å². The standard InChI is InChI=1S/C24H27NO5/c1-29-22-16-17(12-14-21(22)30-18-8-4-2-3-5-9-18)13-15-23(26)25-20-11-7-6-10-19(20)24(27)28/h6-7,10-16,18H,2-5,8-9H2,1H3,(H,25,26)(H,27,28). The zero-order valence-corrected chi connectivity index (χ0v) is 17.1. The Hall–Kier alpha value is -3.28. The summed E-state index contributed by atoms with van der Waals surface area (Å²) in [7, 11) is 1.60. The highest BCUT2D eigenvalue weighted by molar-refractivity contribution is 6.06. The molecule has 0 unspecified atom stereocenters. The number of amides is 1. The molecule has 2 aromatic rings. The van der Waals surface area contributed by atoms with Gasteiger partial charge in [-0.15, -0.1) is 0 Å². The Morgan fingerprint density at radius 1 is 1.03 bits per heavy atom. The van der Waals surface area contributed by atoms with E-state index >= 15 is 0 Å². The van der Waals surface area contributed by atoms with E-state index in [0.717, 1.165) is 18.4 Å². The predicted molar refractivity (Wildman–Crippen MR) is 116 cm³/mol. The first kappa shape index (κ1) is 21.4. The third-order valence-electron chi connectivity index (χ3n) is 5.13. The van der Waals surface area contributed by atoms with Gasteiger partial charge in [-0.2, -0.15) is 0 Å². The average molecular weight is 409 g/mol. The van der Waals surface area contributed by atoms with E-state index in [0.29, 0.717) is 11.5 Å². The van der Waals surface area contributed by atoms with Gasteiger partial charge in [-0.05, 0) is 61.6 Å². The number of aromatic carboxylic acids is 1. The Balaban J connectivity index is 1.66. The van der Waals surface area contributed by atoms with Gasteiger partial charge in [-0.3, -0.25) is 4.79 Å². The fourth-order valence-electron chi connectivity index (χ4n) is 3.55. The molecule has 6 nitrogen and oxygen atoms in total. The molecule has 2 aromatic carbocycles. The molecule has 0 bridgehead atoms. The summed E-state index contributed by atoms with van der Waals surface area (Å²) in [5, 5.41) is 11.8. The van der Waals surface area contributed by atoms with Crippen molar-refractivity contribution in [1.29, 1.82) is 0 Å². The number of methoxy groups -OCH3 is 1. The maximum Gasteiger partial charge on any atom is 0.337 e. The number of hydrogen-bond donors (Lipinski definition) is 2. The zero-order chi connectivity index (χ0) is 21.3. The van der Waals surface area contributed by atoms with Gasteiger partial charge in [-0.1, -0.05) is 31.0 Å². The van der Waals surface area contributed by atoms with E-state index in [2.05, 4.69) is 5.32 Å². The molecule has 0 heterocycles. The molecule has 30 heavy (non-hydrogen) atoms. The van der Waals surface area contributed by atoms with E-state index in [1.54, 1.807) is 31.4 Å². The number of carboxylic acids is 1. The quantitative estimate of drug-likeness (QED) is 0.488. The molecule has 158 valence electrons. The summed E-state index contributed by atoms with van der Waals surface area (Å²) in [6.07, 6.45) is 10.2. The lowest BCUT2D eigenvalue weighted by molar-refractivity contribution is -0.111. The van der Waals surface area contributed by atoms with Crippen molar-refractivity contribution in [3.8, 4) is 11.5 Å². The molecule has 0 aromatic heterocycles. The van der Waals surface area contributed by atoms with Crippen LogP contribution in [0, 0.1) is 0 Å². The molecule has 0 aliphatic heterocycles. The van der Waals surface area contributed by atoms with Crippen LogP contribution in [0.1, 0.15) is 54.4 Å². The maximum atomic E-state index is 12.2. The number of benzene rings is 2. The Morgan fingerprint density at radius 2 is 1.77 bits per heavy atom. The number of hydrogen-bond acceptors (Lipinski definition) is 4. The number of carbonyl (C=O) groups is 2. The summed E-state index contributed by atoms with van der Waals surface area (Å²) in [6, 6.07) is 11.8. The second kappa shape index (κ2) is 10.5. The van der Waals surface area contributed by atoms with Crippen molar-refractivity contribution in [1.82, 2.24) is 0 Å². The van der Waals surface area contributed by atoms with Crippen molar-refractivity contribution in [3.63, 3.8) is 0 Å². The highest BCUT2D eigenvalue weighted by Gasteiger charge is 2.16. The molecule has 1 saturated carbocycles. The smallest absolute Gasteiger partial charge is 0.337 e. The van der Waals surface area contributed by atoms with E-state index in [1.165, 1.54) is 37.8 Å². The Bertz CT molecular complexity index is 914. The molecule has 1 aliphatic carbocycles. The van der Waals surface area contributed by atoms with Crippen LogP contribution in [0.2, 0.25) is 0 Å². The monoisotopic (exact) mass is 409 g/mol. The highest BCUT2D eigenvalue weighted by Crippen LogP contribution is 2.32. The molecule has 1 aliphatic rings. The Kier molecular flexibility index (Phi) is 7.49. The molecule has 0 atom stereocenters. The van der Waals surface area contributed by atoms with Crippen LogP contribution in [-0.2, 0) is 4.79 Å². The summed E-state index contributed by atoms with van der Waals surface area (Å²) in [5.41, 5.74) is 1.08. The average Bonchev–Trinajstić information content (AvgIpc) is 3.02. The van der Waals surface area contributed by atoms with Gasteiger partial charge in [0.05, 0.1) is 24.5 Å². The Labute approximate surface area is 176 Å². The second-order valence-corrected chi connectivity index (χ2v) is 7.32. The second-order valence-electron chi connectivity index (χ2n) is 7.32. The molecular weight excluding hydrogens is 382 g/mol. The summed E-state index contributed by atoms with van der Waals surface area (Å²) in [4.78, 5) is 23.5. The first-order chi connectivity index (χ1) is 14.6. The number of nitrogens with one attached hydrogen (secondary N) is 1. The van der Waals surface area contributed by atoms with Crippen LogP contribution >= 0.6 is 0 Å². The van der Waals surface area contributed by atoms with Gasteiger partial charge in [0.25, 0.3) is 0 Å². The number of anilines is 1. The van der Waals surface area contributed by atoms with Crippen LogP contribution in [0.15, 0.2) is 48.5 Å². The van der Waals surface area contributed by atoms with Crippen molar-refractivity contribution in [3.05, 3.63) is 59.7 Å². The number of carbonyl (C=O) groups excluding carboxylic acids is 1. The van der Waals surface area contributed by atoms with Crippen molar-refractivity contribution in [2.75, 3.05) is 12.4 Å². The molecule has 0 spiro atoms. The fraction of sp³-hybridized carbons (Fsp3) is 0.333. The molecular formula is C24H27NO5. The maximum absolute atomic E-state index is 12.2. The highest BCUT2D eigenvalue weighted by atomic mass is 16.5. The first-order valence-corrected chi connectivity index (χ1v) is 10.2. The lowest BCUT2D eigenvalue weighted by Crippen LogP contribution is -2.15. The first-order valence-electron chi connectivity index (χ1n) is 10.2. The topological polar surface area (TPSA) is 84.9 Å². The van der Waals surface area contributed by atoms with Crippen molar-refractivity contribution < 1.29 is 24.2 Å². The van der Waals surface area contributed by atoms with Gasteiger partial charge in [-0.25, -0.2) is 4.79 Å². The van der Waals surface area contributed by atoms with Crippen molar-refractivity contribution in [2.45, 2.75) is 44.6 Å². The predicted octanol–water partition coefficient (Wildman–Crippen LogP) is 5.15. The summed E-state index contributed by atoms with van der Waals surface area (Å²) in [5.74, 6) is -0.176. The van der Waals surface area contributed by atoms with E-state index in [4.69, 9.17) is 9.47 Å². The molecule has 6 heteroatoms. The molecule has 2 N–H and O–H groups in total. The van der Waals surface area contributed by atoms with E-state index in [-0.39, 0.29) is 17.4 Å². The summed E-state index contributed by atoms with van der Waals surface area (Å²) >= 11 is 0. The van der Waals surface area contributed by atoms with Crippen LogP contribution in [0.3, 0.4) is 0 Å². The molecule has 0 saturated heterocycles. The van der Waals surface area contributed by atoms with Crippen LogP contribution in [0.25, 0.3) is 6.08 Å².